The molecule has 0 fully saturated rings. The van der Waals surface area contributed by atoms with E-state index in [-0.39, 0.29) is 25.2 Å². The lowest BCUT2D eigenvalue weighted by atomic mass is 10.4. The van der Waals surface area contributed by atoms with E-state index in [1.54, 1.807) is 11.8 Å². The smallest absolute Gasteiger partial charge is 0.323 e. The minimum Gasteiger partial charge on any atom is -0.480 e. The fourth-order valence-electron chi connectivity index (χ4n) is 1.18. The molecular weight excluding hydrogens is 240 g/mol. The highest BCUT2D eigenvalue weighted by Gasteiger charge is 2.16. The molecule has 0 aromatic heterocycles. The van der Waals surface area contributed by atoms with Gasteiger partial charge in [-0.15, -0.1) is 6.58 Å². The zero-order valence-electron chi connectivity index (χ0n) is 10.3. The van der Waals surface area contributed by atoms with Crippen LogP contribution in [0.25, 0.3) is 0 Å². The maximum absolute atomic E-state index is 11.7. The van der Waals surface area contributed by atoms with E-state index in [2.05, 4.69) is 11.9 Å². The first-order valence-corrected chi connectivity index (χ1v) is 6.62. The second-order valence-corrected chi connectivity index (χ2v) is 4.89. The molecule has 0 aliphatic rings. The van der Waals surface area contributed by atoms with Gasteiger partial charge < -0.3 is 15.3 Å². The summed E-state index contributed by atoms with van der Waals surface area (Å²) in [6, 6.07) is -0.343. The zero-order chi connectivity index (χ0) is 13.3. The van der Waals surface area contributed by atoms with Crippen molar-refractivity contribution in [3.05, 3.63) is 12.7 Å². The number of nitrogens with one attached hydrogen (secondary N) is 1. The highest BCUT2D eigenvalue weighted by atomic mass is 32.2. The van der Waals surface area contributed by atoms with Gasteiger partial charge in [0.15, 0.2) is 0 Å². The van der Waals surface area contributed by atoms with Gasteiger partial charge in [-0.1, -0.05) is 13.0 Å². The predicted molar refractivity (Wildman–Crippen MR) is 70.4 cm³/mol. The minimum atomic E-state index is -1.03. The van der Waals surface area contributed by atoms with E-state index in [0.717, 1.165) is 11.5 Å². The van der Waals surface area contributed by atoms with Crippen LogP contribution in [0.1, 0.15) is 13.8 Å². The molecule has 2 N–H and O–H groups in total. The van der Waals surface area contributed by atoms with Crippen LogP contribution in [0.15, 0.2) is 12.7 Å². The third-order valence-corrected chi connectivity index (χ3v) is 3.05. The Morgan fingerprint density at radius 3 is 2.71 bits per heavy atom. The lowest BCUT2D eigenvalue weighted by Gasteiger charge is -2.22. The van der Waals surface area contributed by atoms with Crippen LogP contribution >= 0.6 is 11.8 Å². The van der Waals surface area contributed by atoms with Crippen molar-refractivity contribution in [2.75, 3.05) is 24.6 Å². The molecule has 0 radical (unpaired) electrons. The van der Waals surface area contributed by atoms with Crippen LogP contribution < -0.4 is 5.32 Å². The van der Waals surface area contributed by atoms with Gasteiger partial charge in [0.1, 0.15) is 6.54 Å². The molecule has 0 heterocycles. The van der Waals surface area contributed by atoms with Gasteiger partial charge in [0.2, 0.25) is 0 Å². The van der Waals surface area contributed by atoms with E-state index >= 15 is 0 Å². The topological polar surface area (TPSA) is 69.6 Å². The second-order valence-electron chi connectivity index (χ2n) is 3.57. The van der Waals surface area contributed by atoms with Crippen molar-refractivity contribution in [3.8, 4) is 0 Å². The summed E-state index contributed by atoms with van der Waals surface area (Å²) >= 11 is 1.73. The highest BCUT2D eigenvalue weighted by molar-refractivity contribution is 7.99. The van der Waals surface area contributed by atoms with Gasteiger partial charge >= 0.3 is 12.0 Å². The number of hydrogen-bond acceptors (Lipinski definition) is 3. The maximum Gasteiger partial charge on any atom is 0.323 e. The first-order valence-electron chi connectivity index (χ1n) is 5.47. The van der Waals surface area contributed by atoms with Gasteiger partial charge in [-0.3, -0.25) is 4.79 Å². The number of carboxylic acid groups (broad SMARTS) is 1. The van der Waals surface area contributed by atoms with Crippen LogP contribution in [0.5, 0.6) is 0 Å². The van der Waals surface area contributed by atoms with Crippen molar-refractivity contribution in [1.82, 2.24) is 10.2 Å². The standard InChI is InChI=1S/C11H20N2O3S/c1-4-6-13(7-10(14)15)11(16)12-9(3)8-17-5-2/h4,9H,1,5-8H2,2-3H3,(H,12,16)(H,14,15). The van der Waals surface area contributed by atoms with E-state index in [1.165, 1.54) is 11.0 Å². The molecule has 0 aromatic rings. The van der Waals surface area contributed by atoms with Crippen LogP contribution in [-0.4, -0.2) is 52.6 Å². The highest BCUT2D eigenvalue weighted by Crippen LogP contribution is 2.02. The molecule has 6 heteroatoms. The lowest BCUT2D eigenvalue weighted by Crippen LogP contribution is -2.46. The van der Waals surface area contributed by atoms with Crippen molar-refractivity contribution in [2.45, 2.75) is 19.9 Å². The Hall–Kier alpha value is -1.17. The van der Waals surface area contributed by atoms with Crippen LogP contribution in [-0.2, 0) is 4.79 Å². The Morgan fingerprint density at radius 1 is 1.59 bits per heavy atom. The summed E-state index contributed by atoms with van der Waals surface area (Å²) in [7, 11) is 0. The number of carboxylic acids is 1. The first kappa shape index (κ1) is 15.8. The van der Waals surface area contributed by atoms with E-state index in [1.807, 2.05) is 13.8 Å². The number of carbonyl (C=O) groups excluding carboxylic acids is 1. The fraction of sp³-hybridized carbons (Fsp3) is 0.636. The molecule has 0 aliphatic heterocycles. The predicted octanol–water partition coefficient (Wildman–Crippen LogP) is 1.41. The number of thioether (sulfide) groups is 1. The van der Waals surface area contributed by atoms with Crippen molar-refractivity contribution >= 4 is 23.8 Å². The summed E-state index contributed by atoms with van der Waals surface area (Å²) in [4.78, 5) is 23.5. The van der Waals surface area contributed by atoms with E-state index in [0.29, 0.717) is 0 Å². The van der Waals surface area contributed by atoms with E-state index in [9.17, 15) is 9.59 Å². The number of hydrogen-bond donors (Lipinski definition) is 2. The molecule has 0 aliphatic carbocycles. The Labute approximate surface area is 106 Å². The van der Waals surface area contributed by atoms with Crippen molar-refractivity contribution in [1.29, 1.82) is 0 Å². The Kier molecular flexibility index (Phi) is 8.31. The van der Waals surface area contributed by atoms with E-state index < -0.39 is 5.97 Å². The van der Waals surface area contributed by atoms with Gasteiger partial charge in [0, 0.05) is 18.3 Å². The van der Waals surface area contributed by atoms with Crippen LogP contribution in [0.4, 0.5) is 4.79 Å². The lowest BCUT2D eigenvalue weighted by molar-refractivity contribution is -0.137. The number of nitrogens with zero attached hydrogens (tertiary/aromatic N) is 1. The van der Waals surface area contributed by atoms with Crippen LogP contribution in [0.2, 0.25) is 0 Å². The van der Waals surface area contributed by atoms with E-state index in [4.69, 9.17) is 5.11 Å². The molecule has 2 amide bonds. The summed E-state index contributed by atoms with van der Waals surface area (Å²) < 4.78 is 0. The molecule has 0 spiro atoms. The molecule has 0 bridgehead atoms. The summed E-state index contributed by atoms with van der Waals surface area (Å²) in [5.41, 5.74) is 0. The molecule has 0 saturated carbocycles. The second kappa shape index (κ2) is 8.92. The third kappa shape index (κ3) is 7.68. The largest absolute Gasteiger partial charge is 0.480 e. The molecular formula is C11H20N2O3S. The molecule has 5 nitrogen and oxygen atoms in total. The molecule has 0 aromatic carbocycles. The summed E-state index contributed by atoms with van der Waals surface area (Å²) in [6.07, 6.45) is 1.51. The number of amides is 2. The quantitative estimate of drug-likeness (QED) is 0.647. The van der Waals surface area contributed by atoms with Gasteiger partial charge in [0.25, 0.3) is 0 Å². The molecule has 1 atom stereocenters. The normalized spacial score (nSPS) is 11.6. The number of rotatable bonds is 8. The number of carbonyl (C=O) groups is 2. The Morgan fingerprint density at radius 2 is 2.24 bits per heavy atom. The zero-order valence-corrected chi connectivity index (χ0v) is 11.1. The SMILES string of the molecule is C=CCN(CC(=O)O)C(=O)NC(C)CSCC. The molecule has 17 heavy (non-hydrogen) atoms. The molecule has 0 rings (SSSR count). The first-order chi connectivity index (χ1) is 8.01. The monoisotopic (exact) mass is 260 g/mol. The molecule has 0 saturated heterocycles. The van der Waals surface area contributed by atoms with Gasteiger partial charge in [0.05, 0.1) is 0 Å². The molecule has 98 valence electrons. The fourth-order valence-corrected chi connectivity index (χ4v) is 1.85. The minimum absolute atomic E-state index is 0.0218. The van der Waals surface area contributed by atoms with Crippen molar-refractivity contribution < 1.29 is 14.7 Å². The maximum atomic E-state index is 11.7. The average Bonchev–Trinajstić information content (AvgIpc) is 2.25. The van der Waals surface area contributed by atoms with Gasteiger partial charge in [-0.05, 0) is 12.7 Å². The molecule has 1 unspecified atom stereocenters. The summed E-state index contributed by atoms with van der Waals surface area (Å²) in [6.45, 7) is 7.36. The van der Waals surface area contributed by atoms with Gasteiger partial charge in [-0.25, -0.2) is 4.79 Å². The van der Waals surface area contributed by atoms with Gasteiger partial charge in [-0.2, -0.15) is 11.8 Å². The Balaban J connectivity index is 4.20. The Bertz CT molecular complexity index is 271. The average molecular weight is 260 g/mol. The number of urea groups is 1. The van der Waals surface area contributed by atoms with Crippen LogP contribution in [0, 0.1) is 0 Å². The van der Waals surface area contributed by atoms with Crippen molar-refractivity contribution in [3.63, 3.8) is 0 Å². The summed E-state index contributed by atoms with van der Waals surface area (Å²) in [5.74, 6) is 0.778. The third-order valence-electron chi connectivity index (χ3n) is 1.90. The van der Waals surface area contributed by atoms with Crippen LogP contribution in [0.3, 0.4) is 0 Å². The van der Waals surface area contributed by atoms with Crippen molar-refractivity contribution in [2.24, 2.45) is 0 Å². The number of aliphatic carboxylic acids is 1. The summed E-state index contributed by atoms with van der Waals surface area (Å²) in [5, 5.41) is 11.4.